The van der Waals surface area contributed by atoms with E-state index in [1.54, 1.807) is 22.6 Å². The lowest BCUT2D eigenvalue weighted by molar-refractivity contribution is -0.134. The number of hydrogen-bond donors (Lipinski definition) is 2. The number of rotatable bonds is 6. The van der Waals surface area contributed by atoms with Crippen LogP contribution >= 0.6 is 11.3 Å². The summed E-state index contributed by atoms with van der Waals surface area (Å²) in [5, 5.41) is 13.6. The summed E-state index contributed by atoms with van der Waals surface area (Å²) in [7, 11) is 1.83. The summed E-state index contributed by atoms with van der Waals surface area (Å²) in [6.45, 7) is 1.45. The molecule has 0 radical (unpaired) electrons. The number of nitrogens with one attached hydrogen (secondary N) is 1. The summed E-state index contributed by atoms with van der Waals surface area (Å²) in [6.07, 6.45) is 6.54. The molecule has 3 aromatic rings. The minimum Gasteiger partial charge on any atom is -0.396 e. The van der Waals surface area contributed by atoms with E-state index < -0.39 is 0 Å². The van der Waals surface area contributed by atoms with Gasteiger partial charge in [-0.3, -0.25) is 9.79 Å². The number of carbonyl (C=O) groups is 1. The Hall–Kier alpha value is -2.84. The van der Waals surface area contributed by atoms with Gasteiger partial charge in [0, 0.05) is 42.9 Å². The summed E-state index contributed by atoms with van der Waals surface area (Å²) in [4.78, 5) is 30.2. The third-order valence-corrected chi connectivity index (χ3v) is 7.29. The Balaban J connectivity index is 1.41. The smallest absolute Gasteiger partial charge is 0.225 e. The van der Waals surface area contributed by atoms with E-state index in [1.807, 2.05) is 13.3 Å². The highest BCUT2D eigenvalue weighted by Gasteiger charge is 2.30. The zero-order valence-electron chi connectivity index (χ0n) is 17.5. The van der Waals surface area contributed by atoms with Crippen LogP contribution in [0.1, 0.15) is 34.4 Å². The fraction of sp³-hybridized carbons (Fsp3) is 0.391. The van der Waals surface area contributed by atoms with Gasteiger partial charge in [-0.1, -0.05) is 6.07 Å². The Bertz CT molecular complexity index is 1170. The number of aliphatic hydroxyl groups is 1. The Labute approximate surface area is 184 Å². The van der Waals surface area contributed by atoms with Crippen LogP contribution in [0.4, 0.5) is 11.5 Å². The molecule has 1 atom stereocenters. The van der Waals surface area contributed by atoms with Gasteiger partial charge in [0.25, 0.3) is 0 Å². The second-order valence-corrected chi connectivity index (χ2v) is 9.27. The zero-order chi connectivity index (χ0) is 21.4. The van der Waals surface area contributed by atoms with Crippen molar-refractivity contribution in [2.24, 2.45) is 10.9 Å². The Kier molecular flexibility index (Phi) is 5.41. The fourth-order valence-electron chi connectivity index (χ4n) is 4.46. The van der Waals surface area contributed by atoms with E-state index in [0.717, 1.165) is 53.1 Å². The highest BCUT2D eigenvalue weighted by atomic mass is 32.1. The van der Waals surface area contributed by atoms with Gasteiger partial charge in [0.15, 0.2) is 0 Å². The number of hydrogen-bond acceptors (Lipinski definition) is 7. The molecule has 1 amide bonds. The molecule has 0 saturated carbocycles. The molecular formula is C23H25N5O2S. The number of benzene rings is 1. The van der Waals surface area contributed by atoms with Crippen molar-refractivity contribution in [1.82, 2.24) is 14.9 Å². The lowest BCUT2D eigenvalue weighted by Crippen LogP contribution is -2.36. The van der Waals surface area contributed by atoms with Gasteiger partial charge in [-0.25, -0.2) is 9.97 Å². The number of aromatic nitrogens is 2. The standard InChI is InChI=1S/C23H25N5O2S/c1-28(7-2-8-29)23(30)14-4-6-18-19(10-14)31-22-20(18)21(25-13-26-22)27-17-5-3-15-11-24-12-16(15)9-17/h3,5,9,12-14,29H,2,4,6-8,10-11H2,1H3,(H,25,26,27). The van der Waals surface area contributed by atoms with Crippen LogP contribution < -0.4 is 5.32 Å². The van der Waals surface area contributed by atoms with Gasteiger partial charge >= 0.3 is 0 Å². The molecule has 31 heavy (non-hydrogen) atoms. The molecule has 0 fully saturated rings. The molecular weight excluding hydrogens is 410 g/mol. The minimum absolute atomic E-state index is 0.00961. The Morgan fingerprint density at radius 3 is 3.13 bits per heavy atom. The fourth-order valence-corrected chi connectivity index (χ4v) is 5.73. The minimum atomic E-state index is -0.00961. The molecule has 8 heteroatoms. The molecule has 1 aromatic carbocycles. The van der Waals surface area contributed by atoms with Crippen LogP contribution in [-0.4, -0.2) is 52.3 Å². The molecule has 1 aliphatic heterocycles. The van der Waals surface area contributed by atoms with Gasteiger partial charge in [-0.15, -0.1) is 11.3 Å². The summed E-state index contributed by atoms with van der Waals surface area (Å²) >= 11 is 1.67. The number of fused-ring (bicyclic) bond motifs is 4. The number of aliphatic hydroxyl groups excluding tert-OH is 1. The second-order valence-electron chi connectivity index (χ2n) is 8.19. The number of anilines is 2. The van der Waals surface area contributed by atoms with Crippen LogP contribution in [0.5, 0.6) is 0 Å². The van der Waals surface area contributed by atoms with E-state index in [-0.39, 0.29) is 18.4 Å². The van der Waals surface area contributed by atoms with E-state index in [4.69, 9.17) is 5.11 Å². The second kappa shape index (κ2) is 8.36. The van der Waals surface area contributed by atoms with E-state index in [0.29, 0.717) is 13.0 Å². The average molecular weight is 436 g/mol. The molecule has 3 heterocycles. The molecule has 2 N–H and O–H groups in total. The largest absolute Gasteiger partial charge is 0.396 e. The first-order chi connectivity index (χ1) is 15.1. The molecule has 5 rings (SSSR count). The van der Waals surface area contributed by atoms with Crippen LogP contribution in [0.15, 0.2) is 29.5 Å². The van der Waals surface area contributed by atoms with Crippen LogP contribution in [0.2, 0.25) is 0 Å². The molecule has 0 bridgehead atoms. The Morgan fingerprint density at radius 1 is 1.35 bits per heavy atom. The number of thiophene rings is 1. The van der Waals surface area contributed by atoms with Crippen molar-refractivity contribution in [2.45, 2.75) is 32.2 Å². The third kappa shape index (κ3) is 3.81. The first-order valence-corrected chi connectivity index (χ1v) is 11.5. The maximum absolute atomic E-state index is 12.8. The predicted octanol–water partition coefficient (Wildman–Crippen LogP) is 3.31. The lowest BCUT2D eigenvalue weighted by Gasteiger charge is -2.26. The van der Waals surface area contributed by atoms with Gasteiger partial charge in [0.05, 0.1) is 11.9 Å². The number of aryl methyl sites for hydroxylation is 1. The van der Waals surface area contributed by atoms with Crippen LogP contribution in [-0.2, 0) is 24.2 Å². The summed E-state index contributed by atoms with van der Waals surface area (Å²) in [5.74, 6) is 0.979. The van der Waals surface area contributed by atoms with E-state index >= 15 is 0 Å². The van der Waals surface area contributed by atoms with E-state index in [2.05, 4.69) is 38.5 Å². The van der Waals surface area contributed by atoms with Crippen molar-refractivity contribution in [3.8, 4) is 0 Å². The average Bonchev–Trinajstić information content (AvgIpc) is 3.40. The van der Waals surface area contributed by atoms with Gasteiger partial charge in [-0.05, 0) is 54.5 Å². The SMILES string of the molecule is CN(CCCO)C(=O)C1CCc2c(sc3ncnc(Nc4ccc5c(c4)C=NC5)c23)C1. The number of nitrogens with zero attached hydrogens (tertiary/aromatic N) is 4. The maximum Gasteiger partial charge on any atom is 0.225 e. The zero-order valence-corrected chi connectivity index (χ0v) is 18.3. The lowest BCUT2D eigenvalue weighted by atomic mass is 9.87. The highest BCUT2D eigenvalue weighted by molar-refractivity contribution is 7.19. The summed E-state index contributed by atoms with van der Waals surface area (Å²) in [6, 6.07) is 6.28. The predicted molar refractivity (Wildman–Crippen MR) is 123 cm³/mol. The molecule has 0 saturated heterocycles. The van der Waals surface area contributed by atoms with E-state index in [9.17, 15) is 4.79 Å². The molecule has 2 aromatic heterocycles. The van der Waals surface area contributed by atoms with Crippen molar-refractivity contribution < 1.29 is 9.90 Å². The molecule has 1 aliphatic carbocycles. The first kappa shape index (κ1) is 20.1. The van der Waals surface area contributed by atoms with Gasteiger partial charge in [0.1, 0.15) is 17.0 Å². The quantitative estimate of drug-likeness (QED) is 0.620. The summed E-state index contributed by atoms with van der Waals surface area (Å²) in [5.41, 5.74) is 4.65. The van der Waals surface area contributed by atoms with Crippen LogP contribution in [0, 0.1) is 5.92 Å². The molecule has 7 nitrogen and oxygen atoms in total. The molecule has 2 aliphatic rings. The van der Waals surface area contributed by atoms with Crippen molar-refractivity contribution in [3.63, 3.8) is 0 Å². The normalized spacial score (nSPS) is 16.9. The van der Waals surface area contributed by atoms with Crippen molar-refractivity contribution in [1.29, 1.82) is 0 Å². The molecule has 1 unspecified atom stereocenters. The number of amides is 1. The van der Waals surface area contributed by atoms with Crippen LogP contribution in [0.3, 0.4) is 0 Å². The highest BCUT2D eigenvalue weighted by Crippen LogP contribution is 2.40. The first-order valence-electron chi connectivity index (χ1n) is 10.6. The van der Waals surface area contributed by atoms with Gasteiger partial charge in [-0.2, -0.15) is 0 Å². The van der Waals surface area contributed by atoms with E-state index in [1.165, 1.54) is 16.0 Å². The van der Waals surface area contributed by atoms with Crippen LogP contribution in [0.25, 0.3) is 10.2 Å². The van der Waals surface area contributed by atoms with Gasteiger partial charge in [0.2, 0.25) is 5.91 Å². The van der Waals surface area contributed by atoms with Gasteiger partial charge < -0.3 is 15.3 Å². The summed E-state index contributed by atoms with van der Waals surface area (Å²) < 4.78 is 0. The van der Waals surface area contributed by atoms with Crippen molar-refractivity contribution >= 4 is 45.2 Å². The number of aliphatic imine (C=N–C) groups is 1. The third-order valence-electron chi connectivity index (χ3n) is 6.12. The topological polar surface area (TPSA) is 90.7 Å². The number of carbonyl (C=O) groups excluding carboxylic acids is 1. The molecule has 160 valence electrons. The maximum atomic E-state index is 12.8. The Morgan fingerprint density at radius 2 is 2.26 bits per heavy atom. The van der Waals surface area contributed by atoms with Crippen molar-refractivity contribution in [2.75, 3.05) is 25.5 Å². The van der Waals surface area contributed by atoms with Crippen molar-refractivity contribution in [3.05, 3.63) is 46.1 Å². The molecule has 0 spiro atoms. The monoisotopic (exact) mass is 435 g/mol.